The van der Waals surface area contributed by atoms with Gasteiger partial charge in [-0.1, -0.05) is 12.1 Å². The van der Waals surface area contributed by atoms with Crippen molar-refractivity contribution in [1.82, 2.24) is 10.3 Å². The summed E-state index contributed by atoms with van der Waals surface area (Å²) in [7, 11) is -3.71. The summed E-state index contributed by atoms with van der Waals surface area (Å²) in [4.78, 5) is 26.7. The Labute approximate surface area is 140 Å². The van der Waals surface area contributed by atoms with Crippen molar-refractivity contribution in [3.63, 3.8) is 0 Å². The van der Waals surface area contributed by atoms with E-state index < -0.39 is 21.5 Å². The van der Waals surface area contributed by atoms with Crippen LogP contribution >= 0.6 is 0 Å². The van der Waals surface area contributed by atoms with Gasteiger partial charge >= 0.3 is 0 Å². The summed E-state index contributed by atoms with van der Waals surface area (Å²) in [5.41, 5.74) is 1.85. The summed E-state index contributed by atoms with van der Waals surface area (Å²) in [6, 6.07) is 7.84. The van der Waals surface area contributed by atoms with Crippen molar-refractivity contribution in [2.75, 3.05) is 6.54 Å². The number of carbonyl (C=O) groups is 1. The zero-order valence-corrected chi connectivity index (χ0v) is 14.2. The van der Waals surface area contributed by atoms with Crippen LogP contribution < -0.4 is 16.0 Å². The molecule has 0 saturated heterocycles. The van der Waals surface area contributed by atoms with Crippen LogP contribution in [0.1, 0.15) is 27.2 Å². The maximum atomic E-state index is 12.1. The molecule has 0 aliphatic rings. The SMILES string of the molecule is Cc1cc(C)c(C(=O)NCCc2ccc(S(N)(=O)=O)cc2)c(=O)[nH]1. The highest BCUT2D eigenvalue weighted by Gasteiger charge is 2.14. The van der Waals surface area contributed by atoms with E-state index in [0.717, 1.165) is 5.56 Å². The van der Waals surface area contributed by atoms with Crippen molar-refractivity contribution >= 4 is 15.9 Å². The van der Waals surface area contributed by atoms with Gasteiger partial charge in [0.05, 0.1) is 4.90 Å². The van der Waals surface area contributed by atoms with Gasteiger partial charge in [-0.3, -0.25) is 9.59 Å². The van der Waals surface area contributed by atoms with Crippen LogP contribution in [-0.4, -0.2) is 25.9 Å². The van der Waals surface area contributed by atoms with E-state index in [2.05, 4.69) is 10.3 Å². The van der Waals surface area contributed by atoms with Gasteiger partial charge in [0.1, 0.15) is 5.56 Å². The van der Waals surface area contributed by atoms with Crippen molar-refractivity contribution < 1.29 is 13.2 Å². The third kappa shape index (κ3) is 4.30. The van der Waals surface area contributed by atoms with Gasteiger partial charge in [-0.05, 0) is 49.6 Å². The lowest BCUT2D eigenvalue weighted by atomic mass is 10.1. The molecule has 8 heteroatoms. The first kappa shape index (κ1) is 17.9. The molecule has 1 aromatic carbocycles. The van der Waals surface area contributed by atoms with Crippen LogP contribution in [0.5, 0.6) is 0 Å². The summed E-state index contributed by atoms with van der Waals surface area (Å²) in [5, 5.41) is 7.72. The first-order valence-corrected chi connectivity index (χ1v) is 8.83. The Hall–Kier alpha value is -2.45. The largest absolute Gasteiger partial charge is 0.352 e. The van der Waals surface area contributed by atoms with Crippen LogP contribution in [0.25, 0.3) is 0 Å². The highest BCUT2D eigenvalue weighted by atomic mass is 32.2. The van der Waals surface area contributed by atoms with Crippen molar-refractivity contribution in [3.8, 4) is 0 Å². The van der Waals surface area contributed by atoms with E-state index in [-0.39, 0.29) is 10.5 Å². The number of nitrogens with one attached hydrogen (secondary N) is 2. The molecule has 0 fully saturated rings. The molecule has 0 saturated carbocycles. The number of H-pyrrole nitrogens is 1. The summed E-state index contributed by atoms with van der Waals surface area (Å²) >= 11 is 0. The topological polar surface area (TPSA) is 122 Å². The second-order valence-electron chi connectivity index (χ2n) is 5.53. The summed E-state index contributed by atoms with van der Waals surface area (Å²) in [6.45, 7) is 3.78. The highest BCUT2D eigenvalue weighted by molar-refractivity contribution is 7.89. The van der Waals surface area contributed by atoms with Crippen LogP contribution in [0.4, 0.5) is 0 Å². The lowest BCUT2D eigenvalue weighted by Gasteiger charge is -2.08. The minimum Gasteiger partial charge on any atom is -0.352 e. The molecule has 1 amide bonds. The Morgan fingerprint density at radius 3 is 2.38 bits per heavy atom. The Balaban J connectivity index is 2.00. The zero-order chi connectivity index (χ0) is 17.9. The smallest absolute Gasteiger partial charge is 0.261 e. The lowest BCUT2D eigenvalue weighted by Crippen LogP contribution is -2.32. The third-order valence-corrected chi connectivity index (χ3v) is 4.47. The maximum Gasteiger partial charge on any atom is 0.261 e. The first-order chi connectivity index (χ1) is 11.2. The van der Waals surface area contributed by atoms with Gasteiger partial charge in [0.25, 0.3) is 11.5 Å². The quantitative estimate of drug-likeness (QED) is 0.732. The number of benzene rings is 1. The van der Waals surface area contributed by atoms with Crippen LogP contribution in [0.15, 0.2) is 40.0 Å². The zero-order valence-electron chi connectivity index (χ0n) is 13.4. The molecule has 0 radical (unpaired) electrons. The second kappa shape index (κ2) is 6.98. The number of aryl methyl sites for hydroxylation is 2. The number of hydrogen-bond acceptors (Lipinski definition) is 4. The Kier molecular flexibility index (Phi) is 5.20. The number of nitrogens with two attached hydrogens (primary N) is 1. The van der Waals surface area contributed by atoms with Crippen molar-refractivity contribution in [1.29, 1.82) is 0 Å². The minimum atomic E-state index is -3.71. The molecule has 2 aromatic rings. The van der Waals surface area contributed by atoms with Gasteiger partial charge in [0.15, 0.2) is 0 Å². The van der Waals surface area contributed by atoms with E-state index >= 15 is 0 Å². The van der Waals surface area contributed by atoms with E-state index in [1.807, 2.05) is 0 Å². The number of amides is 1. The molecule has 0 unspecified atom stereocenters. The van der Waals surface area contributed by atoms with Gasteiger partial charge in [0.2, 0.25) is 10.0 Å². The fourth-order valence-electron chi connectivity index (χ4n) is 2.39. The maximum absolute atomic E-state index is 12.1. The highest BCUT2D eigenvalue weighted by Crippen LogP contribution is 2.09. The molecular formula is C16H19N3O4S. The van der Waals surface area contributed by atoms with E-state index in [0.29, 0.717) is 24.2 Å². The van der Waals surface area contributed by atoms with E-state index in [1.165, 1.54) is 12.1 Å². The number of aromatic nitrogens is 1. The molecule has 0 spiro atoms. The Bertz CT molecular complexity index is 915. The molecule has 1 aromatic heterocycles. The van der Waals surface area contributed by atoms with Gasteiger partial charge in [-0.25, -0.2) is 13.6 Å². The summed E-state index contributed by atoms with van der Waals surface area (Å²) < 4.78 is 22.4. The first-order valence-electron chi connectivity index (χ1n) is 7.29. The Morgan fingerprint density at radius 1 is 1.21 bits per heavy atom. The number of aromatic amines is 1. The summed E-state index contributed by atoms with van der Waals surface area (Å²) in [5.74, 6) is -0.435. The predicted octanol–water partition coefficient (Wildman–Crippen LogP) is 0.612. The van der Waals surface area contributed by atoms with Gasteiger partial charge in [-0.15, -0.1) is 0 Å². The lowest BCUT2D eigenvalue weighted by molar-refractivity contribution is 0.0952. The standard InChI is InChI=1S/C16H19N3O4S/c1-10-9-11(2)19-16(21)14(10)15(20)18-8-7-12-3-5-13(6-4-12)24(17,22)23/h3-6,9H,7-8H2,1-2H3,(H,18,20)(H,19,21)(H2,17,22,23). The molecule has 0 atom stereocenters. The Morgan fingerprint density at radius 2 is 1.83 bits per heavy atom. The molecule has 1 heterocycles. The van der Waals surface area contributed by atoms with Crippen LogP contribution in [-0.2, 0) is 16.4 Å². The summed E-state index contributed by atoms with van der Waals surface area (Å²) in [6.07, 6.45) is 0.499. The van der Waals surface area contributed by atoms with Crippen molar-refractivity contribution in [2.24, 2.45) is 5.14 Å². The third-order valence-electron chi connectivity index (χ3n) is 3.54. The number of hydrogen-bond donors (Lipinski definition) is 3. The molecule has 4 N–H and O–H groups in total. The number of rotatable bonds is 5. The van der Waals surface area contributed by atoms with Crippen LogP contribution in [0.2, 0.25) is 0 Å². The predicted molar refractivity (Wildman–Crippen MR) is 90.4 cm³/mol. The number of carbonyl (C=O) groups excluding carboxylic acids is 1. The average Bonchev–Trinajstić information content (AvgIpc) is 2.45. The monoisotopic (exact) mass is 349 g/mol. The molecule has 0 aliphatic carbocycles. The van der Waals surface area contributed by atoms with Gasteiger partial charge in [0, 0.05) is 12.2 Å². The van der Waals surface area contributed by atoms with Crippen molar-refractivity contribution in [3.05, 3.63) is 63.1 Å². The minimum absolute atomic E-state index is 0.0390. The van der Waals surface area contributed by atoms with Crippen LogP contribution in [0, 0.1) is 13.8 Å². The molecule has 24 heavy (non-hydrogen) atoms. The fourth-order valence-corrected chi connectivity index (χ4v) is 2.91. The van der Waals surface area contributed by atoms with Crippen LogP contribution in [0.3, 0.4) is 0 Å². The fraction of sp³-hybridized carbons (Fsp3) is 0.250. The van der Waals surface area contributed by atoms with Gasteiger partial charge in [-0.2, -0.15) is 0 Å². The molecule has 0 aliphatic heterocycles. The average molecular weight is 349 g/mol. The molecule has 7 nitrogen and oxygen atoms in total. The molecule has 0 bridgehead atoms. The van der Waals surface area contributed by atoms with E-state index in [9.17, 15) is 18.0 Å². The number of primary sulfonamides is 1. The number of pyridine rings is 1. The van der Waals surface area contributed by atoms with Gasteiger partial charge < -0.3 is 10.3 Å². The van der Waals surface area contributed by atoms with Crippen molar-refractivity contribution in [2.45, 2.75) is 25.2 Å². The second-order valence-corrected chi connectivity index (χ2v) is 7.10. The normalized spacial score (nSPS) is 11.3. The molecular weight excluding hydrogens is 330 g/mol. The molecule has 2 rings (SSSR count). The van der Waals surface area contributed by atoms with E-state index in [4.69, 9.17) is 5.14 Å². The molecule has 128 valence electrons. The number of sulfonamides is 1. The van der Waals surface area contributed by atoms with E-state index in [1.54, 1.807) is 32.0 Å².